The zero-order valence-electron chi connectivity index (χ0n) is 17.1. The highest BCUT2D eigenvalue weighted by atomic mass is 16.2. The Bertz CT molecular complexity index is 814. The van der Waals surface area contributed by atoms with Crippen molar-refractivity contribution in [3.05, 3.63) is 30.0 Å². The van der Waals surface area contributed by atoms with E-state index in [-0.39, 0.29) is 5.91 Å². The molecule has 0 aliphatic carbocycles. The molecule has 1 aliphatic heterocycles. The van der Waals surface area contributed by atoms with Gasteiger partial charge in [0.2, 0.25) is 11.9 Å². The van der Waals surface area contributed by atoms with E-state index in [0.717, 1.165) is 43.2 Å². The summed E-state index contributed by atoms with van der Waals surface area (Å²) in [5, 5.41) is 11.5. The second-order valence-corrected chi connectivity index (χ2v) is 6.93. The second kappa shape index (κ2) is 8.86. The molecule has 0 bridgehead atoms. The highest BCUT2D eigenvalue weighted by Gasteiger charge is 2.20. The minimum atomic E-state index is 0.117. The van der Waals surface area contributed by atoms with Crippen LogP contribution in [0.4, 0.5) is 23.1 Å². The molecule has 1 aromatic carbocycles. The Labute approximate surface area is 166 Å². The van der Waals surface area contributed by atoms with Crippen molar-refractivity contribution in [1.29, 1.82) is 0 Å². The monoisotopic (exact) mass is 383 g/mol. The predicted octanol–water partition coefficient (Wildman–Crippen LogP) is 2.44. The Morgan fingerprint density at radius 2 is 1.89 bits per heavy atom. The van der Waals surface area contributed by atoms with E-state index in [1.165, 1.54) is 5.69 Å². The molecule has 0 atom stereocenters. The summed E-state index contributed by atoms with van der Waals surface area (Å²) in [6.45, 7) is 12.9. The number of benzene rings is 1. The van der Waals surface area contributed by atoms with E-state index in [1.54, 1.807) is 13.1 Å². The van der Waals surface area contributed by atoms with Crippen molar-refractivity contribution < 1.29 is 4.79 Å². The van der Waals surface area contributed by atoms with E-state index in [0.29, 0.717) is 19.0 Å². The smallest absolute Gasteiger partial charge is 0.249 e. The van der Waals surface area contributed by atoms with Crippen LogP contribution in [0.2, 0.25) is 0 Å². The number of carbonyl (C=O) groups is 1. The fourth-order valence-electron chi connectivity index (χ4n) is 3.44. The first kappa shape index (κ1) is 19.9. The number of rotatable bonds is 6. The van der Waals surface area contributed by atoms with Gasteiger partial charge in [0.1, 0.15) is 0 Å². The number of anilines is 4. The van der Waals surface area contributed by atoms with Gasteiger partial charge < -0.3 is 20.0 Å². The summed E-state index contributed by atoms with van der Waals surface area (Å²) in [7, 11) is 0. The van der Waals surface area contributed by atoms with Gasteiger partial charge in [0.15, 0.2) is 5.82 Å². The Kier molecular flexibility index (Phi) is 6.28. The zero-order chi connectivity index (χ0) is 20.1. The Morgan fingerprint density at radius 1 is 1.18 bits per heavy atom. The quantitative estimate of drug-likeness (QED) is 0.821. The molecule has 8 heteroatoms. The van der Waals surface area contributed by atoms with Crippen molar-refractivity contribution >= 4 is 29.0 Å². The van der Waals surface area contributed by atoms with E-state index in [1.807, 2.05) is 4.90 Å². The topological polar surface area (TPSA) is 77.5 Å². The lowest BCUT2D eigenvalue weighted by Gasteiger charge is -2.34. The van der Waals surface area contributed by atoms with E-state index >= 15 is 0 Å². The van der Waals surface area contributed by atoms with Crippen LogP contribution < -0.4 is 15.1 Å². The number of hydrogen-bond acceptors (Lipinski definition) is 7. The number of carbonyl (C=O) groups excluding carboxylic acids is 1. The summed E-state index contributed by atoms with van der Waals surface area (Å²) in [4.78, 5) is 22.4. The van der Waals surface area contributed by atoms with Crippen molar-refractivity contribution in [3.63, 3.8) is 0 Å². The van der Waals surface area contributed by atoms with Gasteiger partial charge in [-0.2, -0.15) is 10.1 Å². The van der Waals surface area contributed by atoms with Crippen LogP contribution in [0.5, 0.6) is 0 Å². The Morgan fingerprint density at radius 3 is 2.50 bits per heavy atom. The average Bonchev–Trinajstić information content (AvgIpc) is 2.71. The van der Waals surface area contributed by atoms with Crippen LogP contribution in [0.15, 0.2) is 24.4 Å². The van der Waals surface area contributed by atoms with E-state index in [2.05, 4.69) is 69.3 Å². The molecule has 0 radical (unpaired) electrons. The molecule has 2 aromatic rings. The van der Waals surface area contributed by atoms with Crippen LogP contribution in [0.1, 0.15) is 26.3 Å². The summed E-state index contributed by atoms with van der Waals surface area (Å²) in [5.41, 5.74) is 3.31. The standard InChI is InChI=1S/C20H29N7O/c1-5-25(6-2)17-7-8-18(15(3)13-17)22-20-23-19(14-21-24-20)27-11-9-26(10-12-27)16(4)28/h7-8,13-14H,5-6,9-12H2,1-4H3,(H,22,23,24). The summed E-state index contributed by atoms with van der Waals surface area (Å²) < 4.78 is 0. The van der Waals surface area contributed by atoms with Crippen molar-refractivity contribution in [2.45, 2.75) is 27.7 Å². The summed E-state index contributed by atoms with van der Waals surface area (Å²) in [6.07, 6.45) is 1.67. The fourth-order valence-corrected chi connectivity index (χ4v) is 3.44. The molecule has 2 heterocycles. The molecule has 0 spiro atoms. The minimum absolute atomic E-state index is 0.117. The first-order chi connectivity index (χ1) is 13.5. The van der Waals surface area contributed by atoms with Gasteiger partial charge in [0.05, 0.1) is 6.20 Å². The molecule has 3 rings (SSSR count). The third-order valence-electron chi connectivity index (χ3n) is 5.18. The lowest BCUT2D eigenvalue weighted by molar-refractivity contribution is -0.129. The van der Waals surface area contributed by atoms with Crippen molar-refractivity contribution in [2.24, 2.45) is 0 Å². The first-order valence-corrected chi connectivity index (χ1v) is 9.84. The van der Waals surface area contributed by atoms with Crippen molar-refractivity contribution in [2.75, 3.05) is 54.4 Å². The number of nitrogens with zero attached hydrogens (tertiary/aromatic N) is 6. The zero-order valence-corrected chi connectivity index (χ0v) is 17.1. The number of amides is 1. The largest absolute Gasteiger partial charge is 0.372 e. The van der Waals surface area contributed by atoms with Gasteiger partial charge in [-0.05, 0) is 44.5 Å². The van der Waals surface area contributed by atoms with Crippen molar-refractivity contribution in [1.82, 2.24) is 20.1 Å². The van der Waals surface area contributed by atoms with Gasteiger partial charge in [0.25, 0.3) is 0 Å². The number of hydrogen-bond donors (Lipinski definition) is 1. The number of piperazine rings is 1. The predicted molar refractivity (Wildman–Crippen MR) is 112 cm³/mol. The molecule has 1 aromatic heterocycles. The summed E-state index contributed by atoms with van der Waals surface area (Å²) in [5.74, 6) is 1.37. The number of nitrogens with one attached hydrogen (secondary N) is 1. The summed E-state index contributed by atoms with van der Waals surface area (Å²) in [6, 6.07) is 6.35. The molecule has 1 amide bonds. The molecule has 1 N–H and O–H groups in total. The minimum Gasteiger partial charge on any atom is -0.372 e. The fraction of sp³-hybridized carbons (Fsp3) is 0.500. The molecule has 1 saturated heterocycles. The average molecular weight is 384 g/mol. The van der Waals surface area contributed by atoms with E-state index < -0.39 is 0 Å². The number of aryl methyl sites for hydroxylation is 1. The molecular weight excluding hydrogens is 354 g/mol. The van der Waals surface area contributed by atoms with Crippen LogP contribution in [0, 0.1) is 6.92 Å². The SMILES string of the molecule is CCN(CC)c1ccc(Nc2nncc(N3CCN(C(C)=O)CC3)n2)c(C)c1. The maximum absolute atomic E-state index is 11.5. The van der Waals surface area contributed by atoms with Gasteiger partial charge in [-0.15, -0.1) is 5.10 Å². The van der Waals surface area contributed by atoms with Crippen LogP contribution in [0.25, 0.3) is 0 Å². The lowest BCUT2D eigenvalue weighted by atomic mass is 10.1. The van der Waals surface area contributed by atoms with Crippen LogP contribution >= 0.6 is 0 Å². The maximum atomic E-state index is 11.5. The summed E-state index contributed by atoms with van der Waals surface area (Å²) >= 11 is 0. The van der Waals surface area contributed by atoms with Gasteiger partial charge in [-0.25, -0.2) is 0 Å². The van der Waals surface area contributed by atoms with E-state index in [4.69, 9.17) is 0 Å². The van der Waals surface area contributed by atoms with Crippen LogP contribution in [0.3, 0.4) is 0 Å². The highest BCUT2D eigenvalue weighted by Crippen LogP contribution is 2.25. The molecule has 1 aliphatic rings. The van der Waals surface area contributed by atoms with E-state index in [9.17, 15) is 4.79 Å². The van der Waals surface area contributed by atoms with Crippen molar-refractivity contribution in [3.8, 4) is 0 Å². The Hall–Kier alpha value is -2.90. The lowest BCUT2D eigenvalue weighted by Crippen LogP contribution is -2.48. The molecular formula is C20H29N7O. The van der Waals surface area contributed by atoms with Gasteiger partial charge in [0, 0.05) is 57.6 Å². The van der Waals surface area contributed by atoms with Crippen LogP contribution in [-0.2, 0) is 4.79 Å². The van der Waals surface area contributed by atoms with Gasteiger partial charge in [-0.1, -0.05) is 0 Å². The number of aromatic nitrogens is 3. The second-order valence-electron chi connectivity index (χ2n) is 6.93. The molecule has 150 valence electrons. The maximum Gasteiger partial charge on any atom is 0.249 e. The highest BCUT2D eigenvalue weighted by molar-refractivity contribution is 5.73. The Balaban J connectivity index is 1.70. The first-order valence-electron chi connectivity index (χ1n) is 9.84. The van der Waals surface area contributed by atoms with Crippen LogP contribution in [-0.4, -0.2) is 65.3 Å². The normalized spacial score (nSPS) is 14.1. The van der Waals surface area contributed by atoms with Gasteiger partial charge in [-0.3, -0.25) is 4.79 Å². The molecule has 0 unspecified atom stereocenters. The third kappa shape index (κ3) is 4.49. The molecule has 0 saturated carbocycles. The molecule has 28 heavy (non-hydrogen) atoms. The third-order valence-corrected chi connectivity index (χ3v) is 5.18. The molecule has 1 fully saturated rings. The molecule has 8 nitrogen and oxygen atoms in total. The van der Waals surface area contributed by atoms with Gasteiger partial charge >= 0.3 is 0 Å².